The first-order valence-electron chi connectivity index (χ1n) is 9.23. The van der Waals surface area contributed by atoms with Crippen molar-refractivity contribution in [3.05, 3.63) is 54.6 Å². The second kappa shape index (κ2) is 7.73. The van der Waals surface area contributed by atoms with E-state index >= 15 is 0 Å². The minimum atomic E-state index is 0.784. The molecule has 2 heterocycles. The molecule has 0 amide bonds. The molecule has 0 aliphatic carbocycles. The lowest BCUT2D eigenvalue weighted by molar-refractivity contribution is 0.659. The molecule has 1 fully saturated rings. The van der Waals surface area contributed by atoms with Gasteiger partial charge in [-0.15, -0.1) is 6.58 Å². The van der Waals surface area contributed by atoms with E-state index in [0.29, 0.717) is 0 Å². The predicted molar refractivity (Wildman–Crippen MR) is 108 cm³/mol. The number of pyridine rings is 1. The number of hydrogen-bond donors (Lipinski definition) is 0. The van der Waals surface area contributed by atoms with Crippen LogP contribution in [0.4, 0.5) is 11.5 Å². The SMILES string of the molecule is C=CCCN(C)c1nc(-c2cccc(N3CC[C@@H](C)C3)c2)ccc1C. The summed E-state index contributed by atoms with van der Waals surface area (Å²) in [6.07, 6.45) is 4.20. The largest absolute Gasteiger partial charge is 0.371 e. The molecular formula is C22H29N3. The Morgan fingerprint density at radius 3 is 2.88 bits per heavy atom. The van der Waals surface area contributed by atoms with Gasteiger partial charge in [0, 0.05) is 37.9 Å². The molecule has 132 valence electrons. The fourth-order valence-corrected chi connectivity index (χ4v) is 3.49. The van der Waals surface area contributed by atoms with Gasteiger partial charge in [0.1, 0.15) is 5.82 Å². The minimum Gasteiger partial charge on any atom is -0.371 e. The fraction of sp³-hybridized carbons (Fsp3) is 0.409. The van der Waals surface area contributed by atoms with Crippen LogP contribution in [0.3, 0.4) is 0 Å². The van der Waals surface area contributed by atoms with Gasteiger partial charge < -0.3 is 9.80 Å². The lowest BCUT2D eigenvalue weighted by Crippen LogP contribution is -2.20. The van der Waals surface area contributed by atoms with Crippen LogP contribution in [0.25, 0.3) is 11.3 Å². The highest BCUT2D eigenvalue weighted by atomic mass is 15.2. The number of hydrogen-bond acceptors (Lipinski definition) is 3. The summed E-state index contributed by atoms with van der Waals surface area (Å²) in [4.78, 5) is 9.65. The van der Waals surface area contributed by atoms with Crippen LogP contribution in [0.1, 0.15) is 25.3 Å². The van der Waals surface area contributed by atoms with E-state index in [2.05, 4.69) is 73.7 Å². The van der Waals surface area contributed by atoms with Crippen LogP contribution in [0.2, 0.25) is 0 Å². The Labute approximate surface area is 152 Å². The maximum atomic E-state index is 4.95. The van der Waals surface area contributed by atoms with Crippen molar-refractivity contribution >= 4 is 11.5 Å². The van der Waals surface area contributed by atoms with E-state index in [1.165, 1.54) is 23.2 Å². The van der Waals surface area contributed by atoms with Crippen molar-refractivity contribution in [1.29, 1.82) is 0 Å². The molecule has 0 radical (unpaired) electrons. The van der Waals surface area contributed by atoms with Gasteiger partial charge in [-0.1, -0.05) is 31.2 Å². The molecule has 0 unspecified atom stereocenters. The van der Waals surface area contributed by atoms with Crippen LogP contribution in [0.5, 0.6) is 0 Å². The van der Waals surface area contributed by atoms with Crippen LogP contribution < -0.4 is 9.80 Å². The highest BCUT2D eigenvalue weighted by molar-refractivity contribution is 5.68. The van der Waals surface area contributed by atoms with Crippen LogP contribution in [-0.2, 0) is 0 Å². The van der Waals surface area contributed by atoms with E-state index in [1.807, 2.05) is 6.08 Å². The standard InChI is InChI=1S/C22H29N3/c1-5-6-13-24(4)22-18(3)10-11-21(23-22)19-8-7-9-20(15-19)25-14-12-17(2)16-25/h5,7-11,15,17H,1,6,12-14,16H2,2-4H3/t17-/m1/s1. The van der Waals surface area contributed by atoms with Gasteiger partial charge in [0.05, 0.1) is 5.69 Å². The summed E-state index contributed by atoms with van der Waals surface area (Å²) in [6, 6.07) is 13.1. The zero-order chi connectivity index (χ0) is 17.8. The molecule has 2 aromatic rings. The Kier molecular flexibility index (Phi) is 5.42. The number of benzene rings is 1. The Morgan fingerprint density at radius 1 is 1.32 bits per heavy atom. The molecular weight excluding hydrogens is 306 g/mol. The summed E-state index contributed by atoms with van der Waals surface area (Å²) in [5, 5.41) is 0. The van der Waals surface area contributed by atoms with Gasteiger partial charge in [-0.05, 0) is 49.4 Å². The fourth-order valence-electron chi connectivity index (χ4n) is 3.49. The average molecular weight is 335 g/mol. The number of nitrogens with zero attached hydrogens (tertiary/aromatic N) is 3. The Balaban J connectivity index is 1.87. The Hall–Kier alpha value is -2.29. The normalized spacial score (nSPS) is 16.9. The highest BCUT2D eigenvalue weighted by Gasteiger charge is 2.19. The molecule has 1 aromatic carbocycles. The molecule has 3 rings (SSSR count). The number of aromatic nitrogens is 1. The van der Waals surface area contributed by atoms with E-state index in [1.54, 1.807) is 0 Å². The van der Waals surface area contributed by atoms with Crippen LogP contribution in [0.15, 0.2) is 49.1 Å². The molecule has 1 atom stereocenters. The lowest BCUT2D eigenvalue weighted by Gasteiger charge is -2.21. The van der Waals surface area contributed by atoms with E-state index in [-0.39, 0.29) is 0 Å². The van der Waals surface area contributed by atoms with E-state index in [4.69, 9.17) is 4.98 Å². The Morgan fingerprint density at radius 2 is 2.16 bits per heavy atom. The third-order valence-electron chi connectivity index (χ3n) is 5.03. The molecule has 1 aromatic heterocycles. The molecule has 1 aliphatic rings. The highest BCUT2D eigenvalue weighted by Crippen LogP contribution is 2.29. The summed E-state index contributed by atoms with van der Waals surface area (Å²) >= 11 is 0. The quantitative estimate of drug-likeness (QED) is 0.699. The second-order valence-corrected chi connectivity index (χ2v) is 7.23. The van der Waals surface area contributed by atoms with Gasteiger partial charge in [0.15, 0.2) is 0 Å². The molecule has 3 heteroatoms. The molecule has 0 bridgehead atoms. The van der Waals surface area contributed by atoms with Crippen LogP contribution in [0, 0.1) is 12.8 Å². The number of anilines is 2. The molecule has 25 heavy (non-hydrogen) atoms. The van der Waals surface area contributed by atoms with E-state index in [9.17, 15) is 0 Å². The topological polar surface area (TPSA) is 19.4 Å². The third kappa shape index (κ3) is 4.04. The first-order chi connectivity index (χ1) is 12.1. The smallest absolute Gasteiger partial charge is 0.131 e. The van der Waals surface area contributed by atoms with Crippen molar-refractivity contribution in [2.24, 2.45) is 5.92 Å². The van der Waals surface area contributed by atoms with Crippen molar-refractivity contribution in [3.63, 3.8) is 0 Å². The van der Waals surface area contributed by atoms with Crippen molar-refractivity contribution < 1.29 is 0 Å². The summed E-state index contributed by atoms with van der Waals surface area (Å²) in [7, 11) is 2.10. The van der Waals surface area contributed by atoms with Gasteiger partial charge in [-0.2, -0.15) is 0 Å². The summed E-state index contributed by atoms with van der Waals surface area (Å²) in [5.41, 5.74) is 4.75. The van der Waals surface area contributed by atoms with E-state index < -0.39 is 0 Å². The maximum Gasteiger partial charge on any atom is 0.131 e. The zero-order valence-electron chi connectivity index (χ0n) is 15.7. The van der Waals surface area contributed by atoms with E-state index in [0.717, 1.165) is 43.5 Å². The van der Waals surface area contributed by atoms with Gasteiger partial charge in [-0.25, -0.2) is 4.98 Å². The van der Waals surface area contributed by atoms with Crippen molar-refractivity contribution in [2.45, 2.75) is 26.7 Å². The maximum absolute atomic E-state index is 4.95. The molecule has 3 nitrogen and oxygen atoms in total. The molecule has 0 spiro atoms. The average Bonchev–Trinajstić information content (AvgIpc) is 3.06. The zero-order valence-corrected chi connectivity index (χ0v) is 15.7. The second-order valence-electron chi connectivity index (χ2n) is 7.23. The Bertz CT molecular complexity index is 738. The van der Waals surface area contributed by atoms with Crippen molar-refractivity contribution in [1.82, 2.24) is 4.98 Å². The van der Waals surface area contributed by atoms with Crippen LogP contribution >= 0.6 is 0 Å². The van der Waals surface area contributed by atoms with Crippen LogP contribution in [-0.4, -0.2) is 31.7 Å². The van der Waals surface area contributed by atoms with Crippen molar-refractivity contribution in [2.75, 3.05) is 36.5 Å². The van der Waals surface area contributed by atoms with Gasteiger partial charge in [0.25, 0.3) is 0 Å². The first-order valence-corrected chi connectivity index (χ1v) is 9.23. The summed E-state index contributed by atoms with van der Waals surface area (Å²) < 4.78 is 0. The molecule has 1 aliphatic heterocycles. The van der Waals surface area contributed by atoms with Gasteiger partial charge in [-0.3, -0.25) is 0 Å². The summed E-state index contributed by atoms with van der Waals surface area (Å²) in [6.45, 7) is 11.5. The van der Waals surface area contributed by atoms with Gasteiger partial charge in [0.2, 0.25) is 0 Å². The third-order valence-corrected chi connectivity index (χ3v) is 5.03. The predicted octanol–water partition coefficient (Wildman–Crippen LogP) is 4.92. The lowest BCUT2D eigenvalue weighted by atomic mass is 10.1. The minimum absolute atomic E-state index is 0.784. The first kappa shape index (κ1) is 17.5. The summed E-state index contributed by atoms with van der Waals surface area (Å²) in [5.74, 6) is 1.84. The molecule has 0 N–H and O–H groups in total. The van der Waals surface area contributed by atoms with Gasteiger partial charge >= 0.3 is 0 Å². The number of rotatable bonds is 6. The van der Waals surface area contributed by atoms with Crippen molar-refractivity contribution in [3.8, 4) is 11.3 Å². The molecule has 1 saturated heterocycles. The monoisotopic (exact) mass is 335 g/mol. The molecule has 0 saturated carbocycles. The number of aryl methyl sites for hydroxylation is 1.